The molecule has 0 saturated heterocycles. The first-order valence-corrected chi connectivity index (χ1v) is 7.96. The van der Waals surface area contributed by atoms with E-state index >= 15 is 0 Å². The third kappa shape index (κ3) is 3.58. The molecule has 0 spiro atoms. The molecule has 0 aliphatic heterocycles. The number of aliphatic hydroxyl groups excluding tert-OH is 1. The van der Waals surface area contributed by atoms with Gasteiger partial charge >= 0.3 is 11.9 Å². The average molecular weight is 345 g/mol. The van der Waals surface area contributed by atoms with Gasteiger partial charge in [0, 0.05) is 24.7 Å². The normalized spacial score (nSPS) is 11.8. The molecule has 0 aliphatic carbocycles. The summed E-state index contributed by atoms with van der Waals surface area (Å²) < 4.78 is 11.8. The van der Waals surface area contributed by atoms with Crippen LogP contribution in [0.4, 0.5) is 0 Å². The molecule has 0 saturated carbocycles. The number of hydrogen-bond donors (Lipinski definition) is 1. The molecule has 2 aromatic rings. The molecule has 6 heteroatoms. The van der Waals surface area contributed by atoms with E-state index in [0.717, 1.165) is 16.6 Å². The Morgan fingerprint density at radius 3 is 2.36 bits per heavy atom. The van der Waals surface area contributed by atoms with Gasteiger partial charge in [-0.3, -0.25) is 9.59 Å². The molecule has 0 bridgehead atoms. The Morgan fingerprint density at radius 2 is 1.80 bits per heavy atom. The summed E-state index contributed by atoms with van der Waals surface area (Å²) in [6.07, 6.45) is 3.29. The summed E-state index contributed by atoms with van der Waals surface area (Å²) in [5, 5.41) is 9.98. The number of nitrogens with zero attached hydrogens (tertiary/aromatic N) is 1. The number of methoxy groups -OCH3 is 2. The van der Waals surface area contributed by atoms with Crippen molar-refractivity contribution in [3.05, 3.63) is 48.2 Å². The van der Waals surface area contributed by atoms with Crippen LogP contribution in [0.3, 0.4) is 0 Å². The van der Waals surface area contributed by atoms with Crippen LogP contribution in [-0.2, 0) is 32.5 Å². The molecular formula is C19H23NO5. The summed E-state index contributed by atoms with van der Waals surface area (Å²) in [6, 6.07) is 9.77. The summed E-state index contributed by atoms with van der Waals surface area (Å²) in [5.41, 5.74) is 0.318. The van der Waals surface area contributed by atoms with Gasteiger partial charge in [0.1, 0.15) is 0 Å². The molecule has 0 aliphatic rings. The summed E-state index contributed by atoms with van der Waals surface area (Å²) in [6.45, 7) is -0.174. The lowest BCUT2D eigenvalue weighted by Gasteiger charge is -2.27. The maximum Gasteiger partial charge on any atom is 0.323 e. The second-order valence-corrected chi connectivity index (χ2v) is 5.85. The van der Waals surface area contributed by atoms with Gasteiger partial charge in [0.25, 0.3) is 0 Å². The fourth-order valence-corrected chi connectivity index (χ4v) is 3.04. The van der Waals surface area contributed by atoms with E-state index < -0.39 is 17.4 Å². The predicted octanol–water partition coefficient (Wildman–Crippen LogP) is 1.99. The average Bonchev–Trinajstić information content (AvgIpc) is 2.95. The lowest BCUT2D eigenvalue weighted by molar-refractivity contribution is -0.169. The highest BCUT2D eigenvalue weighted by Crippen LogP contribution is 2.33. The van der Waals surface area contributed by atoms with Crippen molar-refractivity contribution in [2.24, 2.45) is 12.5 Å². The molecule has 25 heavy (non-hydrogen) atoms. The first-order chi connectivity index (χ1) is 12.0. The van der Waals surface area contributed by atoms with Gasteiger partial charge in [-0.2, -0.15) is 0 Å². The van der Waals surface area contributed by atoms with Gasteiger partial charge in [-0.05, 0) is 23.9 Å². The Labute approximate surface area is 146 Å². The molecule has 0 amide bonds. The van der Waals surface area contributed by atoms with Crippen LogP contribution in [0.2, 0.25) is 0 Å². The number of rotatable bonds is 7. The van der Waals surface area contributed by atoms with Gasteiger partial charge < -0.3 is 19.1 Å². The lowest BCUT2D eigenvalue weighted by Crippen LogP contribution is -2.43. The Morgan fingerprint density at radius 1 is 1.16 bits per heavy atom. The number of esters is 2. The summed E-state index contributed by atoms with van der Waals surface area (Å²) in [4.78, 5) is 25.1. The third-order valence-electron chi connectivity index (χ3n) is 4.42. The number of aryl methyl sites for hydroxylation is 1. The Bertz CT molecular complexity index is 774. The zero-order valence-corrected chi connectivity index (χ0v) is 14.7. The smallest absolute Gasteiger partial charge is 0.323 e. The molecule has 2 rings (SSSR count). The van der Waals surface area contributed by atoms with Gasteiger partial charge in [0.05, 0.1) is 20.8 Å². The number of carbonyl (C=O) groups excluding carboxylic acids is 2. The van der Waals surface area contributed by atoms with Gasteiger partial charge in [0.15, 0.2) is 5.41 Å². The largest absolute Gasteiger partial charge is 0.468 e. The molecule has 1 heterocycles. The van der Waals surface area contributed by atoms with E-state index in [-0.39, 0.29) is 19.4 Å². The zero-order valence-electron chi connectivity index (χ0n) is 14.7. The summed E-state index contributed by atoms with van der Waals surface area (Å²) in [5.74, 6) is -1.32. The van der Waals surface area contributed by atoms with E-state index in [1.807, 2.05) is 41.9 Å². The van der Waals surface area contributed by atoms with Gasteiger partial charge in [-0.15, -0.1) is 0 Å². The molecule has 0 unspecified atom stereocenters. The van der Waals surface area contributed by atoms with E-state index in [4.69, 9.17) is 14.6 Å². The van der Waals surface area contributed by atoms with Gasteiger partial charge in [-0.1, -0.05) is 30.4 Å². The molecule has 1 aromatic carbocycles. The van der Waals surface area contributed by atoms with Crippen LogP contribution in [0.5, 0.6) is 0 Å². The molecule has 0 radical (unpaired) electrons. The standard InChI is InChI=1S/C19H23NO5/c1-20-15(12-14-8-4-5-9-16(14)20)13-19(17(22)24-2,18(23)25-3)10-6-7-11-21/h4-9,12,21H,10-11,13H2,1-3H3/b7-6-. The highest BCUT2D eigenvalue weighted by molar-refractivity contribution is 6.00. The molecule has 6 nitrogen and oxygen atoms in total. The van der Waals surface area contributed by atoms with E-state index in [2.05, 4.69) is 0 Å². The zero-order chi connectivity index (χ0) is 18.4. The van der Waals surface area contributed by atoms with Crippen LogP contribution in [0, 0.1) is 5.41 Å². The van der Waals surface area contributed by atoms with Crippen molar-refractivity contribution in [2.45, 2.75) is 12.8 Å². The van der Waals surface area contributed by atoms with Crippen LogP contribution in [0.15, 0.2) is 42.5 Å². The number of aliphatic hydroxyl groups is 1. The minimum Gasteiger partial charge on any atom is -0.468 e. The molecule has 0 fully saturated rings. The highest BCUT2D eigenvalue weighted by Gasteiger charge is 2.48. The van der Waals surface area contributed by atoms with E-state index in [1.54, 1.807) is 6.08 Å². The first-order valence-electron chi connectivity index (χ1n) is 7.96. The van der Waals surface area contributed by atoms with Crippen LogP contribution < -0.4 is 0 Å². The molecule has 0 atom stereocenters. The number of carbonyl (C=O) groups is 2. The number of benzene rings is 1. The lowest BCUT2D eigenvalue weighted by atomic mass is 9.79. The van der Waals surface area contributed by atoms with Crippen LogP contribution in [-0.4, -0.2) is 42.4 Å². The van der Waals surface area contributed by atoms with Gasteiger partial charge in [0.2, 0.25) is 0 Å². The van der Waals surface area contributed by atoms with Crippen molar-refractivity contribution in [3.63, 3.8) is 0 Å². The van der Waals surface area contributed by atoms with Crippen molar-refractivity contribution in [3.8, 4) is 0 Å². The number of para-hydroxylation sites is 1. The van der Waals surface area contributed by atoms with Crippen molar-refractivity contribution in [1.82, 2.24) is 4.57 Å². The van der Waals surface area contributed by atoms with Crippen LogP contribution in [0.25, 0.3) is 10.9 Å². The van der Waals surface area contributed by atoms with Crippen molar-refractivity contribution in [2.75, 3.05) is 20.8 Å². The number of ether oxygens (including phenoxy) is 2. The molecule has 1 N–H and O–H groups in total. The minimum absolute atomic E-state index is 0.0778. The number of hydrogen-bond acceptors (Lipinski definition) is 5. The SMILES string of the molecule is COC(=O)C(C/C=C\CO)(Cc1cc2ccccc2n1C)C(=O)OC. The van der Waals surface area contributed by atoms with Crippen molar-refractivity contribution < 1.29 is 24.2 Å². The maximum absolute atomic E-state index is 12.5. The summed E-state index contributed by atoms with van der Waals surface area (Å²) in [7, 11) is 4.38. The predicted molar refractivity (Wildman–Crippen MR) is 93.9 cm³/mol. The maximum atomic E-state index is 12.5. The second-order valence-electron chi connectivity index (χ2n) is 5.85. The third-order valence-corrected chi connectivity index (χ3v) is 4.42. The number of aromatic nitrogens is 1. The summed E-state index contributed by atoms with van der Waals surface area (Å²) >= 11 is 0. The van der Waals surface area contributed by atoms with Crippen LogP contribution in [0.1, 0.15) is 12.1 Å². The van der Waals surface area contributed by atoms with Crippen LogP contribution >= 0.6 is 0 Å². The van der Waals surface area contributed by atoms with E-state index in [9.17, 15) is 9.59 Å². The quantitative estimate of drug-likeness (QED) is 0.472. The number of fused-ring (bicyclic) bond motifs is 1. The second kappa shape index (κ2) is 7.98. The molecule has 134 valence electrons. The molecular weight excluding hydrogens is 322 g/mol. The Balaban J connectivity index is 2.52. The monoisotopic (exact) mass is 345 g/mol. The highest BCUT2D eigenvalue weighted by atomic mass is 16.5. The first kappa shape index (κ1) is 18.7. The van der Waals surface area contributed by atoms with Crippen molar-refractivity contribution in [1.29, 1.82) is 0 Å². The molecule has 1 aromatic heterocycles. The topological polar surface area (TPSA) is 77.8 Å². The Kier molecular flexibility index (Phi) is 5.98. The Hall–Kier alpha value is -2.60. The van der Waals surface area contributed by atoms with E-state index in [1.165, 1.54) is 20.3 Å². The van der Waals surface area contributed by atoms with Crippen molar-refractivity contribution >= 4 is 22.8 Å². The number of allylic oxidation sites excluding steroid dienone is 1. The van der Waals surface area contributed by atoms with E-state index in [0.29, 0.717) is 0 Å². The minimum atomic E-state index is -1.50. The fourth-order valence-electron chi connectivity index (χ4n) is 3.04. The van der Waals surface area contributed by atoms with Gasteiger partial charge in [-0.25, -0.2) is 0 Å². The fraction of sp³-hybridized carbons (Fsp3) is 0.368.